The highest BCUT2D eigenvalue weighted by Gasteiger charge is 2.33. The van der Waals surface area contributed by atoms with E-state index in [1.165, 1.54) is 38.6 Å². The number of aliphatic hydroxyl groups is 2. The van der Waals surface area contributed by atoms with Crippen LogP contribution in [0.1, 0.15) is 72.9 Å². The molecule has 0 unspecified atom stereocenters. The summed E-state index contributed by atoms with van der Waals surface area (Å²) in [6.07, 6.45) is 3.39. The number of ether oxygens (including phenoxy) is 2. The Labute approximate surface area is 293 Å². The smallest absolute Gasteiger partial charge is 0.333 e. The lowest BCUT2D eigenvalue weighted by Crippen LogP contribution is -2.47. The van der Waals surface area contributed by atoms with Crippen molar-refractivity contribution in [2.24, 2.45) is 0 Å². The summed E-state index contributed by atoms with van der Waals surface area (Å²) < 4.78 is 10.6. The van der Waals surface area contributed by atoms with Gasteiger partial charge in [-0.05, 0) is 81.1 Å². The van der Waals surface area contributed by atoms with Gasteiger partial charge in [-0.1, -0.05) is 118 Å². The van der Waals surface area contributed by atoms with Gasteiger partial charge in [-0.2, -0.15) is 0 Å². The summed E-state index contributed by atoms with van der Waals surface area (Å²) >= 11 is 0. The minimum absolute atomic E-state index is 0.270. The molecule has 0 heterocycles. The Morgan fingerprint density at radius 3 is 1.10 bits per heavy atom. The molecule has 268 valence electrons. The molecule has 2 aromatic rings. The SMILES string of the molecule is C=C(C)C(=O)OCCC[Si](C)(CCCOC(=O)C(=C)C)c1c(C)cc(C)cc1C.Cc1cc(C)c([Si](C)(CCCO)CCCO)c(C)c1. The molecule has 0 amide bonds. The Morgan fingerprint density at radius 1 is 0.583 bits per heavy atom. The molecule has 0 aliphatic heterocycles. The van der Waals surface area contributed by atoms with Crippen LogP contribution in [-0.4, -0.2) is 64.7 Å². The van der Waals surface area contributed by atoms with Gasteiger partial charge in [0.2, 0.25) is 0 Å². The van der Waals surface area contributed by atoms with Gasteiger partial charge in [-0.3, -0.25) is 0 Å². The van der Waals surface area contributed by atoms with Crippen LogP contribution in [-0.2, 0) is 19.1 Å². The van der Waals surface area contributed by atoms with Gasteiger partial charge >= 0.3 is 11.9 Å². The minimum atomic E-state index is -1.86. The van der Waals surface area contributed by atoms with Crippen molar-refractivity contribution >= 4 is 38.5 Å². The molecule has 0 fully saturated rings. The number of carbonyl (C=O) groups is 2. The van der Waals surface area contributed by atoms with Gasteiger partial charge in [0.25, 0.3) is 0 Å². The number of hydrogen-bond acceptors (Lipinski definition) is 6. The number of aliphatic hydroxyl groups excluding tert-OH is 2. The normalized spacial score (nSPS) is 11.4. The average Bonchev–Trinajstić information content (AvgIpc) is 2.98. The van der Waals surface area contributed by atoms with Crippen LogP contribution in [0.4, 0.5) is 0 Å². The van der Waals surface area contributed by atoms with Gasteiger partial charge in [0, 0.05) is 24.4 Å². The quantitative estimate of drug-likeness (QED) is 0.0723. The van der Waals surface area contributed by atoms with E-state index in [-0.39, 0.29) is 25.2 Å². The van der Waals surface area contributed by atoms with Crippen LogP contribution in [0.2, 0.25) is 37.3 Å². The van der Waals surface area contributed by atoms with Crippen LogP contribution in [0.25, 0.3) is 0 Å². The first-order valence-electron chi connectivity index (χ1n) is 17.5. The van der Waals surface area contributed by atoms with E-state index in [0.29, 0.717) is 24.4 Å². The van der Waals surface area contributed by atoms with Gasteiger partial charge in [-0.25, -0.2) is 9.59 Å². The van der Waals surface area contributed by atoms with E-state index >= 15 is 0 Å². The van der Waals surface area contributed by atoms with Crippen molar-refractivity contribution in [3.63, 3.8) is 0 Å². The fourth-order valence-electron chi connectivity index (χ4n) is 7.45. The number of carbonyl (C=O) groups excluding carboxylic acids is 2. The minimum Gasteiger partial charge on any atom is -0.462 e. The second kappa shape index (κ2) is 20.7. The summed E-state index contributed by atoms with van der Waals surface area (Å²) in [4.78, 5) is 23.3. The highest BCUT2D eigenvalue weighted by Crippen LogP contribution is 2.25. The van der Waals surface area contributed by atoms with Crippen molar-refractivity contribution in [3.8, 4) is 0 Å². The van der Waals surface area contributed by atoms with E-state index in [0.717, 1.165) is 49.9 Å². The van der Waals surface area contributed by atoms with Gasteiger partial charge in [0.15, 0.2) is 0 Å². The van der Waals surface area contributed by atoms with Crippen LogP contribution in [0, 0.1) is 41.5 Å². The van der Waals surface area contributed by atoms with Crippen LogP contribution in [0.3, 0.4) is 0 Å². The predicted octanol–water partition coefficient (Wildman–Crippen LogP) is 7.58. The summed E-state index contributed by atoms with van der Waals surface area (Å²) in [6, 6.07) is 13.3. The molecule has 0 aliphatic carbocycles. The molecular formula is C40H64O6Si2. The zero-order chi connectivity index (χ0) is 36.7. The fraction of sp³-hybridized carbons (Fsp3) is 0.550. The molecule has 6 nitrogen and oxygen atoms in total. The molecule has 2 rings (SSSR count). The monoisotopic (exact) mass is 696 g/mol. The predicted molar refractivity (Wildman–Crippen MR) is 207 cm³/mol. The van der Waals surface area contributed by atoms with Crippen LogP contribution < -0.4 is 10.4 Å². The summed E-state index contributed by atoms with van der Waals surface area (Å²) in [5.41, 5.74) is 8.88. The Hall–Kier alpha value is -2.79. The molecule has 2 N–H and O–H groups in total. The first-order chi connectivity index (χ1) is 22.4. The zero-order valence-corrected chi connectivity index (χ0v) is 33.7. The van der Waals surface area contributed by atoms with Crippen molar-refractivity contribution in [2.45, 2.75) is 118 Å². The lowest BCUT2D eigenvalue weighted by atomic mass is 10.1. The molecular weight excluding hydrogens is 633 g/mol. The van der Waals surface area contributed by atoms with Crippen molar-refractivity contribution < 1.29 is 29.3 Å². The van der Waals surface area contributed by atoms with Gasteiger partial charge in [-0.15, -0.1) is 0 Å². The summed E-state index contributed by atoms with van der Waals surface area (Å²) in [7, 11) is -3.46. The molecule has 8 heteroatoms. The Bertz CT molecular complexity index is 1310. The van der Waals surface area contributed by atoms with Gasteiger partial charge in [0.05, 0.1) is 29.4 Å². The van der Waals surface area contributed by atoms with E-state index in [4.69, 9.17) is 19.7 Å². The second-order valence-corrected chi connectivity index (χ2v) is 23.6. The van der Waals surface area contributed by atoms with Crippen molar-refractivity contribution in [1.82, 2.24) is 0 Å². The second-order valence-electron chi connectivity index (χ2n) is 14.4. The van der Waals surface area contributed by atoms with Crippen molar-refractivity contribution in [2.75, 3.05) is 26.4 Å². The largest absolute Gasteiger partial charge is 0.462 e. The molecule has 0 saturated carbocycles. The number of esters is 2. The number of rotatable bonds is 18. The van der Waals surface area contributed by atoms with Crippen LogP contribution in [0.15, 0.2) is 48.6 Å². The molecule has 0 spiro atoms. The topological polar surface area (TPSA) is 93.1 Å². The highest BCUT2D eigenvalue weighted by molar-refractivity contribution is 6.92. The lowest BCUT2D eigenvalue weighted by molar-refractivity contribution is -0.139. The van der Waals surface area contributed by atoms with Gasteiger partial charge < -0.3 is 19.7 Å². The number of hydrogen-bond donors (Lipinski definition) is 2. The summed E-state index contributed by atoms with van der Waals surface area (Å²) in [5.74, 6) is -0.662. The van der Waals surface area contributed by atoms with Crippen LogP contribution >= 0.6 is 0 Å². The van der Waals surface area contributed by atoms with E-state index in [9.17, 15) is 9.59 Å². The first-order valence-corrected chi connectivity index (χ1v) is 23.3. The van der Waals surface area contributed by atoms with E-state index in [1.54, 1.807) is 19.0 Å². The Morgan fingerprint density at radius 2 is 0.854 bits per heavy atom. The molecule has 0 atom stereocenters. The average molecular weight is 697 g/mol. The molecule has 0 saturated heterocycles. The summed E-state index contributed by atoms with van der Waals surface area (Å²) in [5, 5.41) is 21.3. The maximum Gasteiger partial charge on any atom is 0.333 e. The molecule has 48 heavy (non-hydrogen) atoms. The van der Waals surface area contributed by atoms with E-state index in [2.05, 4.69) is 92.1 Å². The standard InChI is InChI=1S/C24H36O4Si.C16H28O2Si/c1-17(2)23(25)27-11-9-13-29(8,14-10-12-28-24(26)18(3)4)22-20(6)15-19(5)16-21(22)7;1-13-11-14(2)16(15(3)12-13)19(4,9-5-7-17)10-6-8-18/h15-16H,1,3,9-14H2,2,4-8H3;11-12,17-18H,5-10H2,1-4H3. The number of benzene rings is 2. The van der Waals surface area contributed by atoms with E-state index < -0.39 is 16.1 Å². The van der Waals surface area contributed by atoms with Crippen molar-refractivity contribution in [3.05, 3.63) is 82.0 Å². The summed E-state index contributed by atoms with van der Waals surface area (Å²) in [6.45, 7) is 29.8. The maximum absolute atomic E-state index is 11.6. The molecule has 0 aliphatic rings. The van der Waals surface area contributed by atoms with E-state index in [1.807, 2.05) is 0 Å². The fourth-order valence-corrected chi connectivity index (χ4v) is 16.8. The highest BCUT2D eigenvalue weighted by atomic mass is 28.3. The molecule has 0 radical (unpaired) electrons. The Kier molecular flexibility index (Phi) is 18.6. The molecule has 0 aromatic heterocycles. The zero-order valence-electron chi connectivity index (χ0n) is 31.7. The lowest BCUT2D eigenvalue weighted by Gasteiger charge is -2.32. The third-order valence-electron chi connectivity index (χ3n) is 9.24. The maximum atomic E-state index is 11.6. The van der Waals surface area contributed by atoms with Crippen molar-refractivity contribution in [1.29, 1.82) is 0 Å². The third kappa shape index (κ3) is 13.6. The Balaban J connectivity index is 0.000000524. The first kappa shape index (κ1) is 43.2. The molecule has 2 aromatic carbocycles. The third-order valence-corrected chi connectivity index (χ3v) is 19.1. The van der Waals surface area contributed by atoms with Crippen LogP contribution in [0.5, 0.6) is 0 Å². The molecule has 0 bridgehead atoms. The number of aryl methyl sites for hydroxylation is 6. The van der Waals surface area contributed by atoms with Gasteiger partial charge in [0.1, 0.15) is 0 Å².